The highest BCUT2D eigenvalue weighted by molar-refractivity contribution is 7.80. The Balaban J connectivity index is 1.78. The molecule has 2 aromatic carbocycles. The molecule has 0 saturated carbocycles. The van der Waals surface area contributed by atoms with E-state index in [4.69, 9.17) is 17.3 Å². The van der Waals surface area contributed by atoms with Gasteiger partial charge in [0.15, 0.2) is 5.11 Å². The summed E-state index contributed by atoms with van der Waals surface area (Å²) in [6, 6.07) is 10.4. The largest absolute Gasteiger partial charge is 0.375 e. The number of anilines is 1. The molecule has 1 atom stereocenters. The monoisotopic (exact) mass is 479 g/mol. The summed E-state index contributed by atoms with van der Waals surface area (Å²) in [6.45, 7) is 6.99. The van der Waals surface area contributed by atoms with Crippen molar-refractivity contribution in [2.24, 2.45) is 16.8 Å². The molecule has 3 rings (SSSR count). The molecule has 0 radical (unpaired) electrons. The minimum Gasteiger partial charge on any atom is -0.375 e. The lowest BCUT2D eigenvalue weighted by Crippen LogP contribution is -2.53. The lowest BCUT2D eigenvalue weighted by molar-refractivity contribution is 0.147. The van der Waals surface area contributed by atoms with Gasteiger partial charge in [0.25, 0.3) is 0 Å². The van der Waals surface area contributed by atoms with E-state index in [1.165, 1.54) is 6.07 Å². The van der Waals surface area contributed by atoms with E-state index in [0.717, 1.165) is 42.4 Å². The van der Waals surface area contributed by atoms with Crippen LogP contribution in [0.3, 0.4) is 0 Å². The Kier molecular flexibility index (Phi) is 8.39. The van der Waals surface area contributed by atoms with Gasteiger partial charge in [-0.05, 0) is 42.3 Å². The fourth-order valence-electron chi connectivity index (χ4n) is 3.99. The van der Waals surface area contributed by atoms with Crippen LogP contribution in [0.15, 0.2) is 41.5 Å². The first kappa shape index (κ1) is 24.4. The molecule has 0 amide bonds. The van der Waals surface area contributed by atoms with Crippen LogP contribution in [0, 0.1) is 17.6 Å². The van der Waals surface area contributed by atoms with Gasteiger partial charge in [-0.1, -0.05) is 43.6 Å². The van der Waals surface area contributed by atoms with E-state index in [1.807, 2.05) is 29.2 Å². The average molecular weight is 480 g/mol. The third-order valence-electron chi connectivity index (χ3n) is 5.46. The zero-order chi connectivity index (χ0) is 23.3. The van der Waals surface area contributed by atoms with Crippen LogP contribution in [0.2, 0.25) is 5.02 Å². The summed E-state index contributed by atoms with van der Waals surface area (Å²) >= 11 is 11.0. The van der Waals surface area contributed by atoms with Gasteiger partial charge in [0, 0.05) is 48.9 Å². The molecule has 1 aliphatic heterocycles. The number of rotatable bonds is 7. The Morgan fingerprint density at radius 2 is 2.03 bits per heavy atom. The molecule has 1 saturated heterocycles. The van der Waals surface area contributed by atoms with Gasteiger partial charge in [0.2, 0.25) is 0 Å². The molecule has 1 heterocycles. The average Bonchev–Trinajstić information content (AvgIpc) is 2.72. The Labute approximate surface area is 198 Å². The SMILES string of the molecule is CC(C)C[C@H]1CN(c2cc(F)c(C=NNC(N)=S)cc2F)CCN1Cc1ccccc1Cl. The summed E-state index contributed by atoms with van der Waals surface area (Å²) in [5.74, 6) is -0.588. The number of benzene rings is 2. The second-order valence-electron chi connectivity index (χ2n) is 8.35. The molecule has 2 aromatic rings. The molecule has 0 bridgehead atoms. The molecule has 3 N–H and O–H groups in total. The van der Waals surface area contributed by atoms with E-state index in [2.05, 4.69) is 41.5 Å². The summed E-state index contributed by atoms with van der Waals surface area (Å²) in [7, 11) is 0. The fraction of sp³-hybridized carbons (Fsp3) is 0.391. The van der Waals surface area contributed by atoms with E-state index in [-0.39, 0.29) is 22.4 Å². The maximum Gasteiger partial charge on any atom is 0.184 e. The predicted octanol–water partition coefficient (Wildman–Crippen LogP) is 4.52. The summed E-state index contributed by atoms with van der Waals surface area (Å²) in [5, 5.41) is 4.40. The number of thiocarbonyl (C=S) groups is 1. The summed E-state index contributed by atoms with van der Waals surface area (Å²) < 4.78 is 29.5. The van der Waals surface area contributed by atoms with Crippen LogP contribution in [-0.4, -0.2) is 41.9 Å². The molecular formula is C23H28ClF2N5S. The highest BCUT2D eigenvalue weighted by atomic mass is 35.5. The maximum absolute atomic E-state index is 14.9. The van der Waals surface area contributed by atoms with E-state index in [9.17, 15) is 8.78 Å². The fourth-order valence-corrected chi connectivity index (χ4v) is 4.24. The lowest BCUT2D eigenvalue weighted by atomic mass is 9.98. The van der Waals surface area contributed by atoms with Crippen molar-refractivity contribution in [3.63, 3.8) is 0 Å². The third-order valence-corrected chi connectivity index (χ3v) is 5.92. The number of hydrazone groups is 1. The van der Waals surface area contributed by atoms with Crippen molar-refractivity contribution >= 4 is 40.8 Å². The second-order valence-corrected chi connectivity index (χ2v) is 9.20. The van der Waals surface area contributed by atoms with Crippen molar-refractivity contribution in [3.8, 4) is 0 Å². The van der Waals surface area contributed by atoms with Crippen LogP contribution >= 0.6 is 23.8 Å². The molecule has 0 aromatic heterocycles. The number of nitrogens with one attached hydrogen (secondary N) is 1. The van der Waals surface area contributed by atoms with E-state index < -0.39 is 11.6 Å². The van der Waals surface area contributed by atoms with Gasteiger partial charge in [0.1, 0.15) is 11.6 Å². The van der Waals surface area contributed by atoms with Crippen LogP contribution in [0.25, 0.3) is 0 Å². The lowest BCUT2D eigenvalue weighted by Gasteiger charge is -2.43. The zero-order valence-corrected chi connectivity index (χ0v) is 19.8. The van der Waals surface area contributed by atoms with E-state index in [0.29, 0.717) is 19.0 Å². The number of nitrogens with zero attached hydrogens (tertiary/aromatic N) is 3. The number of piperazine rings is 1. The molecule has 5 nitrogen and oxygen atoms in total. The topological polar surface area (TPSA) is 56.9 Å². The Bertz CT molecular complexity index is 985. The minimum absolute atomic E-state index is 0.0195. The quantitative estimate of drug-likeness (QED) is 0.347. The minimum atomic E-state index is -0.561. The number of hydrogen-bond donors (Lipinski definition) is 2. The molecule has 32 heavy (non-hydrogen) atoms. The number of hydrogen-bond acceptors (Lipinski definition) is 4. The van der Waals surface area contributed by atoms with Gasteiger partial charge in [-0.25, -0.2) is 8.78 Å². The molecule has 1 aliphatic rings. The smallest absolute Gasteiger partial charge is 0.184 e. The first-order chi connectivity index (χ1) is 15.2. The molecule has 1 fully saturated rings. The van der Waals surface area contributed by atoms with Crippen molar-refractivity contribution in [2.75, 3.05) is 24.5 Å². The van der Waals surface area contributed by atoms with Gasteiger partial charge < -0.3 is 10.6 Å². The first-order valence-corrected chi connectivity index (χ1v) is 11.3. The summed E-state index contributed by atoms with van der Waals surface area (Å²) in [5.41, 5.74) is 8.97. The van der Waals surface area contributed by atoms with Crippen LogP contribution in [-0.2, 0) is 6.54 Å². The first-order valence-electron chi connectivity index (χ1n) is 10.5. The maximum atomic E-state index is 14.9. The van der Waals surface area contributed by atoms with Gasteiger partial charge in [-0.3, -0.25) is 10.3 Å². The number of nitrogens with two attached hydrogens (primary N) is 1. The van der Waals surface area contributed by atoms with Gasteiger partial charge >= 0.3 is 0 Å². The Morgan fingerprint density at radius 1 is 1.28 bits per heavy atom. The zero-order valence-electron chi connectivity index (χ0n) is 18.2. The van der Waals surface area contributed by atoms with Crippen molar-refractivity contribution in [3.05, 3.63) is 64.2 Å². The highest BCUT2D eigenvalue weighted by Crippen LogP contribution is 2.28. The normalized spacial score (nSPS) is 17.3. The van der Waals surface area contributed by atoms with E-state index in [1.54, 1.807) is 0 Å². The van der Waals surface area contributed by atoms with Gasteiger partial charge in [0.05, 0.1) is 11.9 Å². The van der Waals surface area contributed by atoms with Crippen molar-refractivity contribution in [2.45, 2.75) is 32.9 Å². The van der Waals surface area contributed by atoms with Crippen LogP contribution in [0.5, 0.6) is 0 Å². The van der Waals surface area contributed by atoms with Crippen LogP contribution in [0.4, 0.5) is 14.5 Å². The van der Waals surface area contributed by atoms with Gasteiger partial charge in [-0.2, -0.15) is 5.10 Å². The molecule has 0 spiro atoms. The van der Waals surface area contributed by atoms with Crippen LogP contribution < -0.4 is 16.1 Å². The second kappa shape index (κ2) is 11.0. The molecule has 0 aliphatic carbocycles. The van der Waals surface area contributed by atoms with Crippen molar-refractivity contribution in [1.82, 2.24) is 10.3 Å². The molecule has 172 valence electrons. The predicted molar refractivity (Wildman–Crippen MR) is 131 cm³/mol. The Hall–Kier alpha value is -2.29. The summed E-state index contributed by atoms with van der Waals surface area (Å²) in [4.78, 5) is 4.30. The third kappa shape index (κ3) is 6.37. The molecule has 9 heteroatoms. The highest BCUT2D eigenvalue weighted by Gasteiger charge is 2.29. The number of halogens is 3. The van der Waals surface area contributed by atoms with Crippen LogP contribution in [0.1, 0.15) is 31.4 Å². The molecule has 0 unspecified atom stereocenters. The van der Waals surface area contributed by atoms with Gasteiger partial charge in [-0.15, -0.1) is 0 Å². The summed E-state index contributed by atoms with van der Waals surface area (Å²) in [6.07, 6.45) is 2.10. The van der Waals surface area contributed by atoms with Crippen molar-refractivity contribution in [1.29, 1.82) is 0 Å². The Morgan fingerprint density at radius 3 is 2.72 bits per heavy atom. The standard InChI is InChI=1S/C23H28ClF2N5S/c1-15(2)9-18-14-31(8-7-30(18)13-16-5-3-4-6-19(16)24)22-11-20(25)17(10-21(22)26)12-28-29-23(27)32/h3-6,10-12,15,18H,7-9,13-14H2,1-2H3,(H3,27,29,32)/t18-/m0/s1. The van der Waals surface area contributed by atoms with Crippen molar-refractivity contribution < 1.29 is 8.78 Å². The van der Waals surface area contributed by atoms with E-state index >= 15 is 0 Å². The molecular weight excluding hydrogens is 452 g/mol.